The molecule has 0 aliphatic carbocycles. The van der Waals surface area contributed by atoms with Crippen LogP contribution in [0.25, 0.3) is 0 Å². The second-order valence-corrected chi connectivity index (χ2v) is 5.39. The summed E-state index contributed by atoms with van der Waals surface area (Å²) in [5, 5.41) is 10.8. The van der Waals surface area contributed by atoms with Crippen LogP contribution in [0.3, 0.4) is 0 Å². The largest absolute Gasteiger partial charge is 0.454 e. The number of hydrogen-bond donors (Lipinski definition) is 2. The molecule has 2 heterocycles. The average molecular weight is 329 g/mol. The van der Waals surface area contributed by atoms with E-state index in [1.807, 2.05) is 29.1 Å². The summed E-state index contributed by atoms with van der Waals surface area (Å²) in [6.45, 7) is 5.48. The van der Waals surface area contributed by atoms with Gasteiger partial charge in [0.25, 0.3) is 0 Å². The minimum atomic E-state index is 0.307. The smallest absolute Gasteiger partial charge is 0.231 e. The Kier molecular flexibility index (Phi) is 5.55. The molecule has 0 bridgehead atoms. The Morgan fingerprint density at radius 2 is 2.21 bits per heavy atom. The van der Waals surface area contributed by atoms with Crippen LogP contribution in [0.1, 0.15) is 12.5 Å². The average Bonchev–Trinajstić information content (AvgIpc) is 3.25. The highest BCUT2D eigenvalue weighted by molar-refractivity contribution is 5.79. The van der Waals surface area contributed by atoms with E-state index in [0.717, 1.165) is 43.5 Å². The normalized spacial score (nSPS) is 13.1. The van der Waals surface area contributed by atoms with Crippen molar-refractivity contribution >= 4 is 5.96 Å². The molecule has 0 amide bonds. The van der Waals surface area contributed by atoms with E-state index in [0.29, 0.717) is 13.3 Å². The third-order valence-electron chi connectivity index (χ3n) is 3.64. The Hall–Kier alpha value is -2.70. The quantitative estimate of drug-likeness (QED) is 0.593. The molecule has 0 saturated heterocycles. The fourth-order valence-electron chi connectivity index (χ4n) is 2.46. The molecule has 0 spiro atoms. The summed E-state index contributed by atoms with van der Waals surface area (Å²) in [7, 11) is 0. The standard InChI is InChI=1S/C17H23N5O2/c1-2-18-17(20-9-11-22-10-3-7-21-22)19-8-6-14-4-5-15-16(12-14)24-13-23-15/h3-5,7,10,12H,2,6,8-9,11,13H2,1H3,(H2,18,19,20). The van der Waals surface area contributed by atoms with Gasteiger partial charge in [-0.25, -0.2) is 0 Å². The minimum Gasteiger partial charge on any atom is -0.454 e. The van der Waals surface area contributed by atoms with Crippen molar-refractivity contribution < 1.29 is 9.47 Å². The molecule has 1 aliphatic rings. The van der Waals surface area contributed by atoms with Gasteiger partial charge in [0, 0.05) is 32.0 Å². The fourth-order valence-corrected chi connectivity index (χ4v) is 2.46. The summed E-state index contributed by atoms with van der Waals surface area (Å²) >= 11 is 0. The third kappa shape index (κ3) is 4.41. The topological polar surface area (TPSA) is 72.7 Å². The monoisotopic (exact) mass is 329 g/mol. The summed E-state index contributed by atoms with van der Waals surface area (Å²) in [6, 6.07) is 7.95. The van der Waals surface area contributed by atoms with Gasteiger partial charge in [-0.15, -0.1) is 0 Å². The van der Waals surface area contributed by atoms with Gasteiger partial charge in [0.2, 0.25) is 6.79 Å². The maximum atomic E-state index is 5.40. The van der Waals surface area contributed by atoms with Crippen LogP contribution in [0.15, 0.2) is 41.7 Å². The molecule has 7 heteroatoms. The first-order valence-corrected chi connectivity index (χ1v) is 8.23. The molecule has 1 aromatic carbocycles. The van der Waals surface area contributed by atoms with Gasteiger partial charge in [0.1, 0.15) is 0 Å². The van der Waals surface area contributed by atoms with Gasteiger partial charge in [-0.05, 0) is 37.1 Å². The highest BCUT2D eigenvalue weighted by atomic mass is 16.7. The van der Waals surface area contributed by atoms with Crippen molar-refractivity contribution in [3.8, 4) is 11.5 Å². The molecule has 0 saturated carbocycles. The van der Waals surface area contributed by atoms with Gasteiger partial charge >= 0.3 is 0 Å². The molecule has 1 aromatic heterocycles. The zero-order valence-electron chi connectivity index (χ0n) is 13.9. The Balaban J connectivity index is 1.48. The number of nitrogens with zero attached hydrogens (tertiary/aromatic N) is 3. The number of fused-ring (bicyclic) bond motifs is 1. The zero-order valence-corrected chi connectivity index (χ0v) is 13.9. The summed E-state index contributed by atoms with van der Waals surface area (Å²) in [4.78, 5) is 4.61. The van der Waals surface area contributed by atoms with E-state index in [-0.39, 0.29) is 0 Å². The molecule has 0 atom stereocenters. The van der Waals surface area contributed by atoms with Gasteiger partial charge in [-0.2, -0.15) is 5.10 Å². The van der Waals surface area contributed by atoms with Crippen molar-refractivity contribution in [1.82, 2.24) is 20.4 Å². The first kappa shape index (κ1) is 16.2. The SMILES string of the molecule is CCNC(=NCCc1ccc2c(c1)OCO2)NCCn1cccn1. The zero-order chi connectivity index (χ0) is 16.6. The number of benzene rings is 1. The molecule has 0 radical (unpaired) electrons. The highest BCUT2D eigenvalue weighted by Gasteiger charge is 2.12. The van der Waals surface area contributed by atoms with Gasteiger partial charge < -0.3 is 20.1 Å². The lowest BCUT2D eigenvalue weighted by molar-refractivity contribution is 0.174. The van der Waals surface area contributed by atoms with Gasteiger partial charge in [0.15, 0.2) is 17.5 Å². The molecule has 2 aromatic rings. The van der Waals surface area contributed by atoms with E-state index in [1.165, 1.54) is 5.56 Å². The van der Waals surface area contributed by atoms with Crippen molar-refractivity contribution in [3.63, 3.8) is 0 Å². The minimum absolute atomic E-state index is 0.307. The predicted octanol–water partition coefficient (Wildman–Crippen LogP) is 1.41. The molecule has 7 nitrogen and oxygen atoms in total. The summed E-state index contributed by atoms with van der Waals surface area (Å²) in [5.41, 5.74) is 1.19. The van der Waals surface area contributed by atoms with E-state index < -0.39 is 0 Å². The Labute approximate surface area is 141 Å². The van der Waals surface area contributed by atoms with E-state index in [9.17, 15) is 0 Å². The van der Waals surface area contributed by atoms with Crippen molar-refractivity contribution in [1.29, 1.82) is 0 Å². The molecular weight excluding hydrogens is 306 g/mol. The summed E-state index contributed by atoms with van der Waals surface area (Å²) in [5.74, 6) is 2.46. The first-order valence-electron chi connectivity index (χ1n) is 8.23. The molecule has 0 unspecified atom stereocenters. The van der Waals surface area contributed by atoms with Gasteiger partial charge in [-0.1, -0.05) is 6.07 Å². The highest BCUT2D eigenvalue weighted by Crippen LogP contribution is 2.32. The van der Waals surface area contributed by atoms with E-state index >= 15 is 0 Å². The van der Waals surface area contributed by atoms with Crippen molar-refractivity contribution in [3.05, 3.63) is 42.2 Å². The molecule has 128 valence electrons. The summed E-state index contributed by atoms with van der Waals surface area (Å²) < 4.78 is 12.6. The molecular formula is C17H23N5O2. The van der Waals surface area contributed by atoms with Crippen LogP contribution in [-0.4, -0.2) is 42.2 Å². The third-order valence-corrected chi connectivity index (χ3v) is 3.64. The lowest BCUT2D eigenvalue weighted by atomic mass is 10.1. The number of guanidine groups is 1. The van der Waals surface area contributed by atoms with Gasteiger partial charge in [-0.3, -0.25) is 9.67 Å². The number of rotatable bonds is 7. The van der Waals surface area contributed by atoms with Crippen LogP contribution in [0.4, 0.5) is 0 Å². The summed E-state index contributed by atoms with van der Waals surface area (Å²) in [6.07, 6.45) is 4.59. The molecule has 1 aliphatic heterocycles. The number of ether oxygens (including phenoxy) is 2. The maximum Gasteiger partial charge on any atom is 0.231 e. The van der Waals surface area contributed by atoms with E-state index in [2.05, 4.69) is 33.7 Å². The maximum absolute atomic E-state index is 5.40. The molecule has 0 fully saturated rings. The Morgan fingerprint density at radius 3 is 3.04 bits per heavy atom. The number of aromatic nitrogens is 2. The van der Waals surface area contributed by atoms with Crippen LogP contribution in [0, 0.1) is 0 Å². The Morgan fingerprint density at radius 1 is 1.29 bits per heavy atom. The van der Waals surface area contributed by atoms with E-state index in [1.54, 1.807) is 6.20 Å². The number of aliphatic imine (C=N–C) groups is 1. The molecule has 24 heavy (non-hydrogen) atoms. The molecule has 2 N–H and O–H groups in total. The fraction of sp³-hybridized carbons (Fsp3) is 0.412. The van der Waals surface area contributed by atoms with Crippen LogP contribution in [0.2, 0.25) is 0 Å². The van der Waals surface area contributed by atoms with Crippen molar-refractivity contribution in [2.45, 2.75) is 19.9 Å². The second-order valence-electron chi connectivity index (χ2n) is 5.39. The van der Waals surface area contributed by atoms with Gasteiger partial charge in [0.05, 0.1) is 6.54 Å². The molecule has 3 rings (SSSR count). The first-order chi connectivity index (χ1) is 11.8. The van der Waals surface area contributed by atoms with Crippen LogP contribution in [0.5, 0.6) is 11.5 Å². The van der Waals surface area contributed by atoms with Crippen LogP contribution < -0.4 is 20.1 Å². The number of hydrogen-bond acceptors (Lipinski definition) is 4. The van der Waals surface area contributed by atoms with Crippen LogP contribution >= 0.6 is 0 Å². The Bertz CT molecular complexity index is 670. The van der Waals surface area contributed by atoms with Crippen molar-refractivity contribution in [2.24, 2.45) is 4.99 Å². The van der Waals surface area contributed by atoms with Crippen LogP contribution in [-0.2, 0) is 13.0 Å². The lowest BCUT2D eigenvalue weighted by Gasteiger charge is -2.11. The van der Waals surface area contributed by atoms with Crippen molar-refractivity contribution in [2.75, 3.05) is 26.4 Å². The van der Waals surface area contributed by atoms with E-state index in [4.69, 9.17) is 9.47 Å². The predicted molar refractivity (Wildman–Crippen MR) is 92.5 cm³/mol. The lowest BCUT2D eigenvalue weighted by Crippen LogP contribution is -2.39. The number of nitrogens with one attached hydrogen (secondary N) is 2. The second kappa shape index (κ2) is 8.24.